The summed E-state index contributed by atoms with van der Waals surface area (Å²) in [5, 5.41) is 0. The van der Waals surface area contributed by atoms with E-state index in [0.717, 1.165) is 18.0 Å². The molecule has 1 aromatic rings. The Bertz CT molecular complexity index is 450. The molecule has 0 amide bonds. The third kappa shape index (κ3) is 3.60. The average Bonchev–Trinajstić information content (AvgIpc) is 3.31. The number of hydrogen-bond donors (Lipinski definition) is 1. The van der Waals surface area contributed by atoms with Crippen molar-refractivity contribution in [2.75, 3.05) is 34.9 Å². The predicted molar refractivity (Wildman–Crippen MR) is 83.1 cm³/mol. The molecule has 1 saturated carbocycles. The molecule has 0 bridgehead atoms. The lowest BCUT2D eigenvalue weighted by Gasteiger charge is -2.27. The van der Waals surface area contributed by atoms with Crippen LogP contribution in [-0.4, -0.2) is 45.9 Å². The molecule has 0 saturated heterocycles. The normalized spacial score (nSPS) is 15.9. The summed E-state index contributed by atoms with van der Waals surface area (Å²) < 4.78 is 16.2. The van der Waals surface area contributed by atoms with E-state index in [1.54, 1.807) is 21.3 Å². The molecule has 1 aliphatic carbocycles. The molecule has 0 heterocycles. The van der Waals surface area contributed by atoms with Crippen molar-refractivity contribution in [1.29, 1.82) is 0 Å². The molecule has 0 aliphatic heterocycles. The Morgan fingerprint density at radius 2 is 1.71 bits per heavy atom. The van der Waals surface area contributed by atoms with Crippen molar-refractivity contribution < 1.29 is 14.2 Å². The smallest absolute Gasteiger partial charge is 0.203 e. The van der Waals surface area contributed by atoms with Gasteiger partial charge in [0.1, 0.15) is 0 Å². The fraction of sp³-hybridized carbons (Fsp3) is 0.625. The van der Waals surface area contributed by atoms with Crippen molar-refractivity contribution in [2.45, 2.75) is 25.4 Å². The minimum absolute atomic E-state index is 0.448. The molecule has 21 heavy (non-hydrogen) atoms. The molecule has 5 nitrogen and oxygen atoms in total. The van der Waals surface area contributed by atoms with Gasteiger partial charge in [-0.1, -0.05) is 0 Å². The molecule has 1 fully saturated rings. The maximum absolute atomic E-state index is 5.92. The first-order valence-electron chi connectivity index (χ1n) is 7.33. The second-order valence-corrected chi connectivity index (χ2v) is 5.59. The van der Waals surface area contributed by atoms with Gasteiger partial charge in [-0.2, -0.15) is 0 Å². The topological polar surface area (TPSA) is 57.0 Å². The second kappa shape index (κ2) is 7.00. The maximum Gasteiger partial charge on any atom is 0.203 e. The SMILES string of the molecule is COc1cc(CN(C)C(CN)C2CC2)cc(OC)c1OC. The van der Waals surface area contributed by atoms with Crippen LogP contribution in [0.5, 0.6) is 17.2 Å². The summed E-state index contributed by atoms with van der Waals surface area (Å²) in [4.78, 5) is 2.32. The van der Waals surface area contributed by atoms with Crippen LogP contribution in [0.3, 0.4) is 0 Å². The van der Waals surface area contributed by atoms with Crippen molar-refractivity contribution in [1.82, 2.24) is 4.90 Å². The van der Waals surface area contributed by atoms with E-state index in [4.69, 9.17) is 19.9 Å². The monoisotopic (exact) mass is 294 g/mol. The lowest BCUT2D eigenvalue weighted by molar-refractivity contribution is 0.215. The lowest BCUT2D eigenvalue weighted by atomic mass is 10.1. The largest absolute Gasteiger partial charge is 0.493 e. The van der Waals surface area contributed by atoms with Crippen LogP contribution in [0.1, 0.15) is 18.4 Å². The highest BCUT2D eigenvalue weighted by Crippen LogP contribution is 2.39. The van der Waals surface area contributed by atoms with E-state index in [9.17, 15) is 0 Å². The number of nitrogens with two attached hydrogens (primary N) is 1. The van der Waals surface area contributed by atoms with Gasteiger partial charge in [-0.25, -0.2) is 0 Å². The standard InChI is InChI=1S/C16H26N2O3/c1-18(13(9-17)12-5-6-12)10-11-7-14(19-2)16(21-4)15(8-11)20-3/h7-8,12-13H,5-6,9-10,17H2,1-4H3. The average molecular weight is 294 g/mol. The molecular formula is C16H26N2O3. The zero-order valence-corrected chi connectivity index (χ0v) is 13.4. The van der Waals surface area contributed by atoms with Gasteiger partial charge in [0, 0.05) is 19.1 Å². The van der Waals surface area contributed by atoms with Crippen LogP contribution in [0.25, 0.3) is 0 Å². The van der Waals surface area contributed by atoms with Crippen molar-refractivity contribution in [3.05, 3.63) is 17.7 Å². The van der Waals surface area contributed by atoms with E-state index in [1.807, 2.05) is 12.1 Å². The molecule has 2 N–H and O–H groups in total. The quantitative estimate of drug-likeness (QED) is 0.793. The number of likely N-dealkylation sites (N-methyl/N-ethyl adjacent to an activating group) is 1. The Kier molecular flexibility index (Phi) is 5.31. The Labute approximate surface area is 127 Å². The number of methoxy groups -OCH3 is 3. The third-order valence-corrected chi connectivity index (χ3v) is 4.13. The number of benzene rings is 1. The molecule has 0 aromatic heterocycles. The van der Waals surface area contributed by atoms with E-state index in [0.29, 0.717) is 29.8 Å². The summed E-state index contributed by atoms with van der Waals surface area (Å²) in [7, 11) is 7.01. The first kappa shape index (κ1) is 15.9. The first-order chi connectivity index (χ1) is 10.1. The van der Waals surface area contributed by atoms with Crippen LogP contribution >= 0.6 is 0 Å². The second-order valence-electron chi connectivity index (χ2n) is 5.59. The molecule has 5 heteroatoms. The highest BCUT2D eigenvalue weighted by atomic mass is 16.5. The van der Waals surface area contributed by atoms with Gasteiger partial charge in [0.15, 0.2) is 11.5 Å². The van der Waals surface area contributed by atoms with E-state index in [1.165, 1.54) is 12.8 Å². The summed E-state index contributed by atoms with van der Waals surface area (Å²) >= 11 is 0. The number of hydrogen-bond acceptors (Lipinski definition) is 5. The third-order valence-electron chi connectivity index (χ3n) is 4.13. The fourth-order valence-corrected chi connectivity index (χ4v) is 2.85. The van der Waals surface area contributed by atoms with Gasteiger partial charge < -0.3 is 19.9 Å². The Morgan fingerprint density at radius 1 is 1.14 bits per heavy atom. The number of ether oxygens (including phenoxy) is 3. The summed E-state index contributed by atoms with van der Waals surface area (Å²) in [6, 6.07) is 4.44. The van der Waals surface area contributed by atoms with Gasteiger partial charge >= 0.3 is 0 Å². The van der Waals surface area contributed by atoms with Gasteiger partial charge in [-0.05, 0) is 43.5 Å². The Balaban J connectivity index is 2.19. The summed E-state index contributed by atoms with van der Waals surface area (Å²) in [6.07, 6.45) is 2.59. The Morgan fingerprint density at radius 3 is 2.10 bits per heavy atom. The van der Waals surface area contributed by atoms with Crippen molar-refractivity contribution in [2.24, 2.45) is 11.7 Å². The van der Waals surface area contributed by atoms with E-state index in [2.05, 4.69) is 11.9 Å². The number of nitrogens with zero attached hydrogens (tertiary/aromatic N) is 1. The van der Waals surface area contributed by atoms with E-state index < -0.39 is 0 Å². The molecule has 1 atom stereocenters. The molecule has 1 aromatic carbocycles. The minimum atomic E-state index is 0.448. The summed E-state index contributed by atoms with van der Waals surface area (Å²) in [5.74, 6) is 2.76. The van der Waals surface area contributed by atoms with Crippen molar-refractivity contribution in [3.63, 3.8) is 0 Å². The number of rotatable bonds is 8. The zero-order valence-electron chi connectivity index (χ0n) is 13.4. The minimum Gasteiger partial charge on any atom is -0.493 e. The molecular weight excluding hydrogens is 268 g/mol. The van der Waals surface area contributed by atoms with Crippen molar-refractivity contribution in [3.8, 4) is 17.2 Å². The zero-order chi connectivity index (χ0) is 15.4. The van der Waals surface area contributed by atoms with Crippen LogP contribution < -0.4 is 19.9 Å². The molecule has 118 valence electrons. The van der Waals surface area contributed by atoms with E-state index in [-0.39, 0.29) is 0 Å². The summed E-state index contributed by atoms with van der Waals surface area (Å²) in [6.45, 7) is 1.51. The summed E-state index contributed by atoms with van der Waals surface area (Å²) in [5.41, 5.74) is 7.05. The maximum atomic E-state index is 5.92. The molecule has 2 rings (SSSR count). The van der Waals surface area contributed by atoms with Gasteiger partial charge in [0.05, 0.1) is 21.3 Å². The van der Waals surface area contributed by atoms with Gasteiger partial charge in [-0.3, -0.25) is 4.90 Å². The van der Waals surface area contributed by atoms with Gasteiger partial charge in [0.25, 0.3) is 0 Å². The molecule has 1 unspecified atom stereocenters. The predicted octanol–water partition coefficient (Wildman–Crippen LogP) is 1.88. The Hall–Kier alpha value is -1.46. The van der Waals surface area contributed by atoms with Gasteiger partial charge in [-0.15, -0.1) is 0 Å². The van der Waals surface area contributed by atoms with E-state index >= 15 is 0 Å². The molecule has 1 aliphatic rings. The molecule has 0 radical (unpaired) electrons. The highest BCUT2D eigenvalue weighted by Gasteiger charge is 2.32. The highest BCUT2D eigenvalue weighted by molar-refractivity contribution is 5.53. The fourth-order valence-electron chi connectivity index (χ4n) is 2.85. The van der Waals surface area contributed by atoms with Crippen LogP contribution in [0, 0.1) is 5.92 Å². The van der Waals surface area contributed by atoms with Crippen LogP contribution in [0.4, 0.5) is 0 Å². The van der Waals surface area contributed by atoms with Crippen LogP contribution in [-0.2, 0) is 6.54 Å². The van der Waals surface area contributed by atoms with Gasteiger partial charge in [0.2, 0.25) is 5.75 Å². The molecule has 0 spiro atoms. The van der Waals surface area contributed by atoms with Crippen LogP contribution in [0.2, 0.25) is 0 Å². The lowest BCUT2D eigenvalue weighted by Crippen LogP contribution is -2.39. The van der Waals surface area contributed by atoms with Crippen LogP contribution in [0.15, 0.2) is 12.1 Å². The first-order valence-corrected chi connectivity index (χ1v) is 7.33. The van der Waals surface area contributed by atoms with Crippen molar-refractivity contribution >= 4 is 0 Å².